The van der Waals surface area contributed by atoms with Gasteiger partial charge in [0.2, 0.25) is 0 Å². The summed E-state index contributed by atoms with van der Waals surface area (Å²) in [7, 11) is 0. The summed E-state index contributed by atoms with van der Waals surface area (Å²) in [6.07, 6.45) is 3.67. The fourth-order valence-corrected chi connectivity index (χ4v) is 6.69. The molecule has 0 atom stereocenters. The van der Waals surface area contributed by atoms with Gasteiger partial charge in [0.25, 0.3) is 0 Å². The van der Waals surface area contributed by atoms with Gasteiger partial charge in [0.1, 0.15) is 0 Å². The molecule has 0 saturated carbocycles. The number of nitrogens with zero attached hydrogens (tertiary/aromatic N) is 3. The zero-order valence-electron chi connectivity index (χ0n) is 24.9. The molecule has 0 N–H and O–H groups in total. The molecule has 0 aliphatic heterocycles. The van der Waals surface area contributed by atoms with Crippen molar-refractivity contribution in [2.75, 3.05) is 0 Å². The van der Waals surface area contributed by atoms with Gasteiger partial charge >= 0.3 is 0 Å². The lowest BCUT2D eigenvalue weighted by Crippen LogP contribution is -1.91. The van der Waals surface area contributed by atoms with Crippen LogP contribution < -0.4 is 0 Å². The van der Waals surface area contributed by atoms with Crippen LogP contribution in [0, 0.1) is 0 Å². The Morgan fingerprint density at radius 3 is 1.78 bits per heavy atom. The summed E-state index contributed by atoms with van der Waals surface area (Å²) >= 11 is 0. The Bertz CT molecular complexity index is 2550. The molecule has 0 aliphatic rings. The third kappa shape index (κ3) is 4.41. The third-order valence-electron chi connectivity index (χ3n) is 8.95. The molecular formula is C43H27N3. The maximum absolute atomic E-state index is 5.17. The first-order valence-electron chi connectivity index (χ1n) is 15.5. The molecule has 0 aliphatic carbocycles. The average Bonchev–Trinajstić information content (AvgIpc) is 3.14. The second-order valence-corrected chi connectivity index (χ2v) is 11.7. The van der Waals surface area contributed by atoms with Gasteiger partial charge in [-0.3, -0.25) is 9.97 Å². The summed E-state index contributed by atoms with van der Waals surface area (Å²) in [6, 6.07) is 53.7. The van der Waals surface area contributed by atoms with Crippen LogP contribution in [-0.2, 0) is 0 Å². The number of hydrogen-bond donors (Lipinski definition) is 0. The van der Waals surface area contributed by atoms with Crippen LogP contribution in [0.2, 0.25) is 0 Å². The van der Waals surface area contributed by atoms with Gasteiger partial charge in [-0.05, 0) is 74.5 Å². The first kappa shape index (κ1) is 26.2. The highest BCUT2D eigenvalue weighted by atomic mass is 14.7. The van der Waals surface area contributed by atoms with Crippen molar-refractivity contribution in [3.8, 4) is 44.6 Å². The molecule has 214 valence electrons. The SMILES string of the molecule is c1ccc(-c2cc(-c3ccc(-c4ccc(-c5cc6cccnc6c6ncccc56)cc4)cc3)nc3ccc4ccccc4c23)cc1. The smallest absolute Gasteiger partial charge is 0.0970 e. The molecular weight excluding hydrogens is 558 g/mol. The molecule has 0 spiro atoms. The van der Waals surface area contributed by atoms with Crippen molar-refractivity contribution in [2.45, 2.75) is 0 Å². The van der Waals surface area contributed by atoms with E-state index in [-0.39, 0.29) is 0 Å². The van der Waals surface area contributed by atoms with Gasteiger partial charge in [0.05, 0.1) is 22.2 Å². The summed E-state index contributed by atoms with van der Waals surface area (Å²) in [5.74, 6) is 0. The lowest BCUT2D eigenvalue weighted by Gasteiger charge is -2.13. The van der Waals surface area contributed by atoms with Crippen molar-refractivity contribution >= 4 is 43.5 Å². The molecule has 6 aromatic carbocycles. The van der Waals surface area contributed by atoms with Crippen molar-refractivity contribution in [3.05, 3.63) is 164 Å². The van der Waals surface area contributed by atoms with Crippen LogP contribution in [0.25, 0.3) is 88.1 Å². The Hall–Kier alpha value is -6.19. The van der Waals surface area contributed by atoms with Crippen LogP contribution in [-0.4, -0.2) is 15.0 Å². The molecule has 3 heteroatoms. The van der Waals surface area contributed by atoms with Crippen molar-refractivity contribution in [1.29, 1.82) is 0 Å². The van der Waals surface area contributed by atoms with Crippen molar-refractivity contribution in [1.82, 2.24) is 15.0 Å². The van der Waals surface area contributed by atoms with Crippen LogP contribution in [0.4, 0.5) is 0 Å². The van der Waals surface area contributed by atoms with Gasteiger partial charge in [0.15, 0.2) is 0 Å². The van der Waals surface area contributed by atoms with E-state index in [4.69, 9.17) is 4.98 Å². The van der Waals surface area contributed by atoms with E-state index in [0.29, 0.717) is 0 Å². The second-order valence-electron chi connectivity index (χ2n) is 11.7. The van der Waals surface area contributed by atoms with Gasteiger partial charge in [-0.2, -0.15) is 0 Å². The van der Waals surface area contributed by atoms with Crippen molar-refractivity contribution in [3.63, 3.8) is 0 Å². The standard InChI is InChI=1S/C43H27N3/c1-2-8-30(9-3-1)38-27-40(46-39-23-22-31-10-4-5-12-35(31)41(38)39)33-20-16-29(17-21-33)28-14-18-32(19-15-28)37-26-34-11-6-24-44-42(34)43-36(37)13-7-25-45-43/h1-27H. The minimum atomic E-state index is 0.932. The predicted molar refractivity (Wildman–Crippen MR) is 192 cm³/mol. The highest BCUT2D eigenvalue weighted by Gasteiger charge is 2.14. The van der Waals surface area contributed by atoms with Gasteiger partial charge in [-0.25, -0.2) is 4.98 Å². The minimum Gasteiger partial charge on any atom is -0.254 e. The van der Waals surface area contributed by atoms with E-state index in [2.05, 4.69) is 149 Å². The zero-order valence-corrected chi connectivity index (χ0v) is 24.9. The maximum atomic E-state index is 5.17. The lowest BCUT2D eigenvalue weighted by molar-refractivity contribution is 1.37. The number of benzene rings is 6. The van der Waals surface area contributed by atoms with Gasteiger partial charge in [-0.1, -0.05) is 121 Å². The number of fused-ring (bicyclic) bond motifs is 6. The normalized spacial score (nSPS) is 11.5. The third-order valence-corrected chi connectivity index (χ3v) is 8.95. The van der Waals surface area contributed by atoms with Crippen LogP contribution in [0.3, 0.4) is 0 Å². The van der Waals surface area contributed by atoms with Gasteiger partial charge in [0, 0.05) is 34.1 Å². The monoisotopic (exact) mass is 585 g/mol. The molecule has 0 unspecified atom stereocenters. The molecule has 0 bridgehead atoms. The van der Waals surface area contributed by atoms with E-state index < -0.39 is 0 Å². The minimum absolute atomic E-state index is 0.932. The molecule has 46 heavy (non-hydrogen) atoms. The zero-order chi connectivity index (χ0) is 30.5. The van der Waals surface area contributed by atoms with Crippen LogP contribution >= 0.6 is 0 Å². The van der Waals surface area contributed by atoms with E-state index in [1.54, 1.807) is 0 Å². The molecule has 0 saturated heterocycles. The van der Waals surface area contributed by atoms with Gasteiger partial charge < -0.3 is 0 Å². The largest absolute Gasteiger partial charge is 0.254 e. The molecule has 0 radical (unpaired) electrons. The van der Waals surface area contributed by atoms with Crippen molar-refractivity contribution < 1.29 is 0 Å². The lowest BCUT2D eigenvalue weighted by atomic mass is 9.94. The van der Waals surface area contributed by atoms with E-state index in [1.165, 1.54) is 38.4 Å². The fraction of sp³-hybridized carbons (Fsp3) is 0. The predicted octanol–water partition coefficient (Wildman–Crippen LogP) is 11.2. The summed E-state index contributed by atoms with van der Waals surface area (Å²) < 4.78 is 0. The first-order valence-corrected chi connectivity index (χ1v) is 15.5. The Labute approximate surface area is 266 Å². The van der Waals surface area contributed by atoms with Gasteiger partial charge in [-0.15, -0.1) is 0 Å². The number of aromatic nitrogens is 3. The Morgan fingerprint density at radius 1 is 0.370 bits per heavy atom. The maximum Gasteiger partial charge on any atom is 0.0970 e. The van der Waals surface area contributed by atoms with Crippen LogP contribution in [0.15, 0.2) is 164 Å². The number of rotatable bonds is 4. The molecule has 0 amide bonds. The summed E-state index contributed by atoms with van der Waals surface area (Å²) in [5, 5.41) is 5.84. The number of pyridine rings is 3. The second kappa shape index (κ2) is 10.8. The molecule has 9 aromatic rings. The number of hydrogen-bond acceptors (Lipinski definition) is 3. The van der Waals surface area contributed by atoms with E-state index >= 15 is 0 Å². The quantitative estimate of drug-likeness (QED) is 0.193. The average molecular weight is 586 g/mol. The summed E-state index contributed by atoms with van der Waals surface area (Å²) in [4.78, 5) is 14.5. The molecule has 9 rings (SSSR count). The van der Waals surface area contributed by atoms with E-state index in [1.807, 2.05) is 24.5 Å². The Kier molecular flexibility index (Phi) is 6.14. The fourth-order valence-electron chi connectivity index (χ4n) is 6.69. The molecule has 3 heterocycles. The first-order chi connectivity index (χ1) is 22.8. The molecule has 0 fully saturated rings. The summed E-state index contributed by atoms with van der Waals surface area (Å²) in [6.45, 7) is 0. The topological polar surface area (TPSA) is 38.7 Å². The molecule has 3 nitrogen and oxygen atoms in total. The van der Waals surface area contributed by atoms with E-state index in [0.717, 1.165) is 49.7 Å². The Balaban J connectivity index is 1.09. The Morgan fingerprint density at radius 2 is 0.978 bits per heavy atom. The highest BCUT2D eigenvalue weighted by Crippen LogP contribution is 2.38. The van der Waals surface area contributed by atoms with Crippen LogP contribution in [0.1, 0.15) is 0 Å². The van der Waals surface area contributed by atoms with E-state index in [9.17, 15) is 0 Å². The highest BCUT2D eigenvalue weighted by molar-refractivity contribution is 6.14. The molecule has 3 aromatic heterocycles. The van der Waals surface area contributed by atoms with Crippen molar-refractivity contribution in [2.24, 2.45) is 0 Å². The van der Waals surface area contributed by atoms with Crippen LogP contribution in [0.5, 0.6) is 0 Å². The summed E-state index contributed by atoms with van der Waals surface area (Å²) in [5.41, 5.74) is 12.0.